The van der Waals surface area contributed by atoms with Gasteiger partial charge in [0.15, 0.2) is 5.03 Å². The first-order valence-corrected chi connectivity index (χ1v) is 9.09. The number of hydrogen-bond acceptors (Lipinski definition) is 4. The van der Waals surface area contributed by atoms with E-state index in [1.165, 1.54) is 12.8 Å². The van der Waals surface area contributed by atoms with Gasteiger partial charge in [-0.1, -0.05) is 19.9 Å². The maximum absolute atomic E-state index is 12.4. The Morgan fingerprint density at radius 3 is 2.43 bits per heavy atom. The highest BCUT2D eigenvalue weighted by Crippen LogP contribution is 2.20. The molecular weight excluding hydrogens is 286 g/mol. The summed E-state index contributed by atoms with van der Waals surface area (Å²) in [6, 6.07) is 4.04. The van der Waals surface area contributed by atoms with Gasteiger partial charge in [0.2, 0.25) is 0 Å². The van der Waals surface area contributed by atoms with E-state index in [4.69, 9.17) is 0 Å². The Bertz CT molecular complexity index is 561. The second-order valence-corrected chi connectivity index (χ2v) is 7.66. The molecule has 0 aliphatic heterocycles. The Balaban J connectivity index is 2.05. The molecule has 0 radical (unpaired) electrons. The molecule has 2 rings (SSSR count). The molecule has 0 spiro atoms. The van der Waals surface area contributed by atoms with Crippen LogP contribution in [0.2, 0.25) is 0 Å². The van der Waals surface area contributed by atoms with Crippen molar-refractivity contribution in [1.29, 1.82) is 0 Å². The third kappa shape index (κ3) is 4.49. The summed E-state index contributed by atoms with van der Waals surface area (Å²) in [6.45, 7) is 6.61. The topological polar surface area (TPSA) is 71.1 Å². The van der Waals surface area contributed by atoms with Crippen LogP contribution in [-0.4, -0.2) is 25.0 Å². The fourth-order valence-corrected chi connectivity index (χ4v) is 3.48. The quantitative estimate of drug-likeness (QED) is 0.772. The van der Waals surface area contributed by atoms with E-state index in [1.807, 2.05) is 26.8 Å². The largest absolute Gasteiger partial charge is 0.310 e. The highest BCUT2D eigenvalue weighted by atomic mass is 32.2. The van der Waals surface area contributed by atoms with Crippen molar-refractivity contribution in [1.82, 2.24) is 15.0 Å². The van der Waals surface area contributed by atoms with E-state index >= 15 is 0 Å². The van der Waals surface area contributed by atoms with Gasteiger partial charge in [0.25, 0.3) is 10.0 Å². The highest BCUT2D eigenvalue weighted by Gasteiger charge is 2.28. The molecule has 1 aromatic rings. The van der Waals surface area contributed by atoms with Crippen LogP contribution in [0.5, 0.6) is 0 Å². The Morgan fingerprint density at radius 1 is 1.29 bits per heavy atom. The third-order valence-corrected chi connectivity index (χ3v) is 5.74. The van der Waals surface area contributed by atoms with Gasteiger partial charge in [-0.3, -0.25) is 0 Å². The van der Waals surface area contributed by atoms with Crippen LogP contribution in [0.15, 0.2) is 23.4 Å². The smallest absolute Gasteiger partial charge is 0.258 e. The predicted octanol–water partition coefficient (Wildman–Crippen LogP) is 2.19. The van der Waals surface area contributed by atoms with Gasteiger partial charge < -0.3 is 5.32 Å². The van der Waals surface area contributed by atoms with Crippen LogP contribution in [0.3, 0.4) is 0 Å². The molecule has 0 aromatic carbocycles. The summed E-state index contributed by atoms with van der Waals surface area (Å²) in [4.78, 5) is 4.11. The molecule has 5 nitrogen and oxygen atoms in total. The van der Waals surface area contributed by atoms with Crippen molar-refractivity contribution in [2.45, 2.75) is 69.6 Å². The molecule has 1 aliphatic rings. The Hall–Kier alpha value is -0.980. The van der Waals surface area contributed by atoms with Crippen molar-refractivity contribution >= 4 is 10.0 Å². The summed E-state index contributed by atoms with van der Waals surface area (Å²) in [5.74, 6) is 0. The summed E-state index contributed by atoms with van der Waals surface area (Å²) in [7, 11) is -3.56. The van der Waals surface area contributed by atoms with Gasteiger partial charge in [0.05, 0.1) is 0 Å². The molecule has 21 heavy (non-hydrogen) atoms. The second-order valence-electron chi connectivity index (χ2n) is 6.03. The number of sulfonamides is 1. The third-order valence-electron chi connectivity index (χ3n) is 4.19. The van der Waals surface area contributed by atoms with Crippen LogP contribution in [0.25, 0.3) is 0 Å². The monoisotopic (exact) mass is 311 g/mol. The maximum Gasteiger partial charge on any atom is 0.258 e. The normalized spacial score (nSPS) is 16.1. The Kier molecular flexibility index (Phi) is 5.01. The zero-order valence-corrected chi connectivity index (χ0v) is 13.8. The van der Waals surface area contributed by atoms with E-state index in [0.29, 0.717) is 6.04 Å². The van der Waals surface area contributed by atoms with Crippen molar-refractivity contribution in [3.8, 4) is 0 Å². The summed E-state index contributed by atoms with van der Waals surface area (Å²) in [5.41, 5.74) is 0.585. The lowest BCUT2D eigenvalue weighted by Crippen LogP contribution is -2.45. The molecule has 118 valence electrons. The van der Waals surface area contributed by atoms with Gasteiger partial charge in [-0.25, -0.2) is 18.1 Å². The van der Waals surface area contributed by atoms with Crippen molar-refractivity contribution in [2.75, 3.05) is 0 Å². The van der Waals surface area contributed by atoms with Crippen LogP contribution in [0.1, 0.15) is 52.0 Å². The molecule has 0 atom stereocenters. The van der Waals surface area contributed by atoms with Crippen LogP contribution < -0.4 is 10.0 Å². The van der Waals surface area contributed by atoms with Crippen molar-refractivity contribution in [2.24, 2.45) is 0 Å². The fourth-order valence-electron chi connectivity index (χ4n) is 2.00. The zero-order valence-electron chi connectivity index (χ0n) is 13.0. The molecule has 1 saturated carbocycles. The number of aromatic nitrogens is 1. The molecule has 1 aliphatic carbocycles. The molecule has 0 saturated heterocycles. The van der Waals surface area contributed by atoms with Crippen LogP contribution in [-0.2, 0) is 16.6 Å². The van der Waals surface area contributed by atoms with Gasteiger partial charge in [0, 0.05) is 24.3 Å². The zero-order chi connectivity index (χ0) is 15.5. The van der Waals surface area contributed by atoms with E-state index in [9.17, 15) is 8.42 Å². The van der Waals surface area contributed by atoms with E-state index in [2.05, 4.69) is 15.0 Å². The first-order valence-electron chi connectivity index (χ1n) is 7.61. The predicted molar refractivity (Wildman–Crippen MR) is 83.4 cm³/mol. The van der Waals surface area contributed by atoms with Crippen molar-refractivity contribution in [3.05, 3.63) is 23.9 Å². The van der Waals surface area contributed by atoms with Gasteiger partial charge in [0.1, 0.15) is 0 Å². The minimum absolute atomic E-state index is 0.0887. The molecule has 2 N–H and O–H groups in total. The van der Waals surface area contributed by atoms with Crippen LogP contribution in [0.4, 0.5) is 0 Å². The maximum atomic E-state index is 12.4. The molecule has 0 unspecified atom stereocenters. The minimum Gasteiger partial charge on any atom is -0.310 e. The summed E-state index contributed by atoms with van der Waals surface area (Å²) in [5, 5.41) is 3.47. The molecule has 1 aromatic heterocycles. The molecule has 1 fully saturated rings. The van der Waals surface area contributed by atoms with Crippen LogP contribution >= 0.6 is 0 Å². The minimum atomic E-state index is -3.56. The molecule has 6 heteroatoms. The Morgan fingerprint density at radius 2 is 1.95 bits per heavy atom. The van der Waals surface area contributed by atoms with Crippen LogP contribution in [0, 0.1) is 0 Å². The lowest BCUT2D eigenvalue weighted by atomic mass is 9.98. The number of pyridine rings is 1. The Labute approximate surface area is 127 Å². The number of rotatable bonds is 8. The van der Waals surface area contributed by atoms with E-state index in [1.54, 1.807) is 12.3 Å². The summed E-state index contributed by atoms with van der Waals surface area (Å²) in [6.07, 6.45) is 5.59. The standard InChI is InChI=1S/C15H25N3O2S/c1-4-15(3,5-2)18-21(19,20)14-9-6-12(11-17-14)10-16-13-7-8-13/h6,9,11,13,16,18H,4-5,7-8,10H2,1-3H3. The molecular formula is C15H25N3O2S. The lowest BCUT2D eigenvalue weighted by Gasteiger charge is -2.27. The lowest BCUT2D eigenvalue weighted by molar-refractivity contribution is 0.388. The van der Waals surface area contributed by atoms with E-state index in [-0.39, 0.29) is 5.03 Å². The second kappa shape index (κ2) is 6.42. The number of nitrogens with one attached hydrogen (secondary N) is 2. The molecule has 1 heterocycles. The van der Waals surface area contributed by atoms with Gasteiger partial charge in [-0.2, -0.15) is 0 Å². The highest BCUT2D eigenvalue weighted by molar-refractivity contribution is 7.89. The van der Waals surface area contributed by atoms with Gasteiger partial charge in [-0.05, 0) is 44.2 Å². The fraction of sp³-hybridized carbons (Fsp3) is 0.667. The van der Waals surface area contributed by atoms with Gasteiger partial charge in [-0.15, -0.1) is 0 Å². The van der Waals surface area contributed by atoms with Crippen molar-refractivity contribution < 1.29 is 8.42 Å². The van der Waals surface area contributed by atoms with E-state index in [0.717, 1.165) is 24.9 Å². The first-order chi connectivity index (χ1) is 9.88. The summed E-state index contributed by atoms with van der Waals surface area (Å²) >= 11 is 0. The molecule has 0 amide bonds. The number of nitrogens with zero attached hydrogens (tertiary/aromatic N) is 1. The average molecular weight is 311 g/mol. The van der Waals surface area contributed by atoms with E-state index < -0.39 is 15.6 Å². The summed E-state index contributed by atoms with van der Waals surface area (Å²) < 4.78 is 27.5. The van der Waals surface area contributed by atoms with Crippen molar-refractivity contribution in [3.63, 3.8) is 0 Å². The molecule has 0 bridgehead atoms. The number of hydrogen-bond donors (Lipinski definition) is 2. The average Bonchev–Trinajstić information content (AvgIpc) is 3.29. The SMILES string of the molecule is CCC(C)(CC)NS(=O)(=O)c1ccc(CNC2CC2)cn1. The first kappa shape index (κ1) is 16.4. The van der Waals surface area contributed by atoms with Gasteiger partial charge >= 0.3 is 0 Å².